The van der Waals surface area contributed by atoms with Crippen molar-refractivity contribution < 1.29 is 37.6 Å². The first-order valence-corrected chi connectivity index (χ1v) is 17.6. The van der Waals surface area contributed by atoms with Gasteiger partial charge in [-0.05, 0) is 42.0 Å². The predicted octanol–water partition coefficient (Wildman–Crippen LogP) is 6.52. The number of rotatable bonds is 9. The van der Waals surface area contributed by atoms with Gasteiger partial charge in [-0.15, -0.1) is 0 Å². The largest absolute Gasteiger partial charge is 0.487 e. The van der Waals surface area contributed by atoms with Gasteiger partial charge in [0.15, 0.2) is 29.5 Å². The average molecular weight is 709 g/mol. The molecule has 0 N–H and O–H groups in total. The summed E-state index contributed by atoms with van der Waals surface area (Å²) >= 11 is 1.13. The Bertz CT molecular complexity index is 1620. The van der Waals surface area contributed by atoms with Crippen LogP contribution < -0.4 is 28.0 Å². The minimum Gasteiger partial charge on any atom is -0.487 e. The van der Waals surface area contributed by atoms with Gasteiger partial charge in [0.05, 0.1) is 86.2 Å². The molecule has 0 saturated carbocycles. The molecule has 1 aliphatic rings. The maximum absolute atomic E-state index is 6.18. The molecular weight excluding hydrogens is 658 g/mol. The van der Waals surface area contributed by atoms with Crippen molar-refractivity contribution in [3.63, 3.8) is 0 Å². The van der Waals surface area contributed by atoms with E-state index < -0.39 is 0 Å². The minimum absolute atomic E-state index is 0.363. The Hall–Kier alpha value is -3.75. The predicted molar refractivity (Wildman–Crippen MR) is 200 cm³/mol. The molecule has 1 aliphatic heterocycles. The maximum atomic E-state index is 6.18. The standard InChI is InChI=1S/C38H50N3O8S/c1-39(2)35-10-6-9-34-33(35)8-7-11-36(34)48-49-50-40(31-13-15-32(16-14-31)41(3,4)5)29-30-12-17-37-38(28-30)47-27-25-45-23-21-43-19-18-42-20-22-44-24-26-46-37/h6-17,28H,18-27,29H2,1-5H3/q+1. The van der Waals surface area contributed by atoms with Gasteiger partial charge in [0.25, 0.3) is 0 Å². The number of hydrogen-bond donors (Lipinski definition) is 0. The van der Waals surface area contributed by atoms with Crippen LogP contribution in [0.2, 0.25) is 0 Å². The molecule has 0 aromatic heterocycles. The second-order valence-electron chi connectivity index (χ2n) is 12.7. The summed E-state index contributed by atoms with van der Waals surface area (Å²) in [6.45, 7) is 5.10. The molecule has 0 fully saturated rings. The van der Waals surface area contributed by atoms with Crippen LogP contribution in [-0.4, -0.2) is 101 Å². The molecule has 11 nitrogen and oxygen atoms in total. The normalized spacial score (nSPS) is 15.5. The first-order chi connectivity index (χ1) is 24.3. The quantitative estimate of drug-likeness (QED) is 0.0627. The number of nitrogens with zero attached hydrogens (tertiary/aromatic N) is 3. The molecule has 4 aromatic carbocycles. The van der Waals surface area contributed by atoms with Crippen molar-refractivity contribution in [1.82, 2.24) is 4.48 Å². The SMILES string of the molecule is CN(C)c1cccc2c(OOSN(Cc3ccc4c(c3)OCCOCCOCCOCCOCCO4)c3ccc([N+](C)(C)C)cc3)cccc12. The molecule has 4 aromatic rings. The molecule has 0 amide bonds. The van der Waals surface area contributed by atoms with E-state index in [1.165, 1.54) is 5.69 Å². The van der Waals surface area contributed by atoms with E-state index in [2.05, 4.69) is 62.4 Å². The van der Waals surface area contributed by atoms with E-state index in [4.69, 9.17) is 37.6 Å². The lowest BCUT2D eigenvalue weighted by Crippen LogP contribution is -2.34. The molecule has 0 saturated heterocycles. The summed E-state index contributed by atoms with van der Waals surface area (Å²) in [5.74, 6) is 1.90. The molecule has 0 radical (unpaired) electrons. The Kier molecular flexibility index (Phi) is 14.3. The zero-order chi connectivity index (χ0) is 35.2. The number of ether oxygens (including phenoxy) is 6. The molecule has 50 heavy (non-hydrogen) atoms. The highest BCUT2D eigenvalue weighted by atomic mass is 32.2. The smallest absolute Gasteiger partial charge is 0.174 e. The second-order valence-corrected chi connectivity index (χ2v) is 13.5. The van der Waals surface area contributed by atoms with Crippen LogP contribution >= 0.6 is 12.2 Å². The number of benzene rings is 4. The van der Waals surface area contributed by atoms with Crippen molar-refractivity contribution in [2.45, 2.75) is 6.54 Å². The lowest BCUT2D eigenvalue weighted by atomic mass is 10.1. The number of anilines is 2. The van der Waals surface area contributed by atoms with Crippen LogP contribution in [0.5, 0.6) is 17.2 Å². The van der Waals surface area contributed by atoms with Crippen LogP contribution in [0, 0.1) is 0 Å². The average Bonchev–Trinajstić information content (AvgIpc) is 3.10. The summed E-state index contributed by atoms with van der Waals surface area (Å²) in [7, 11) is 10.5. The summed E-state index contributed by atoms with van der Waals surface area (Å²) in [5.41, 5.74) is 4.23. The summed E-state index contributed by atoms with van der Waals surface area (Å²) in [6.07, 6.45) is 0. The Morgan fingerprint density at radius 2 is 1.22 bits per heavy atom. The summed E-state index contributed by atoms with van der Waals surface area (Å²) in [4.78, 5) is 8.04. The van der Waals surface area contributed by atoms with Gasteiger partial charge < -0.3 is 38.2 Å². The Labute approximate surface area is 300 Å². The molecule has 1 heterocycles. The Morgan fingerprint density at radius 1 is 0.640 bits per heavy atom. The van der Waals surface area contributed by atoms with Gasteiger partial charge in [0.2, 0.25) is 0 Å². The topological polar surface area (TPSA) is 80.3 Å². The van der Waals surface area contributed by atoms with Crippen LogP contribution in [0.3, 0.4) is 0 Å². The highest BCUT2D eigenvalue weighted by Crippen LogP contribution is 2.35. The molecule has 0 atom stereocenters. The van der Waals surface area contributed by atoms with E-state index in [0.29, 0.717) is 94.3 Å². The number of quaternary nitrogens is 1. The van der Waals surface area contributed by atoms with Crippen molar-refractivity contribution >= 4 is 40.1 Å². The fourth-order valence-electron chi connectivity index (χ4n) is 5.27. The molecular formula is C38H50N3O8S+. The summed E-state index contributed by atoms with van der Waals surface area (Å²) in [6, 6.07) is 26.5. The van der Waals surface area contributed by atoms with E-state index in [1.54, 1.807) is 0 Å². The fraction of sp³-hybridized carbons (Fsp3) is 0.421. The summed E-state index contributed by atoms with van der Waals surface area (Å²) < 4.78 is 43.4. The zero-order valence-corrected chi connectivity index (χ0v) is 30.6. The van der Waals surface area contributed by atoms with Crippen LogP contribution in [0.1, 0.15) is 5.56 Å². The molecule has 0 unspecified atom stereocenters. The Morgan fingerprint density at radius 3 is 1.84 bits per heavy atom. The van der Waals surface area contributed by atoms with Gasteiger partial charge in [0, 0.05) is 42.7 Å². The molecule has 0 bridgehead atoms. The van der Waals surface area contributed by atoms with Crippen LogP contribution in [0.4, 0.5) is 17.1 Å². The van der Waals surface area contributed by atoms with Gasteiger partial charge in [0.1, 0.15) is 18.9 Å². The second kappa shape index (κ2) is 19.0. The third kappa shape index (κ3) is 11.1. The highest BCUT2D eigenvalue weighted by molar-refractivity contribution is 7.95. The van der Waals surface area contributed by atoms with Crippen molar-refractivity contribution in [3.05, 3.63) is 84.4 Å². The third-order valence-corrected chi connectivity index (χ3v) is 8.57. The molecule has 12 heteroatoms. The van der Waals surface area contributed by atoms with Crippen molar-refractivity contribution in [2.75, 3.05) is 111 Å². The zero-order valence-electron chi connectivity index (χ0n) is 29.8. The van der Waals surface area contributed by atoms with E-state index in [0.717, 1.165) is 39.9 Å². The Balaban J connectivity index is 1.33. The third-order valence-electron chi connectivity index (χ3n) is 7.92. The maximum Gasteiger partial charge on any atom is 0.174 e. The monoisotopic (exact) mass is 708 g/mol. The van der Waals surface area contributed by atoms with E-state index >= 15 is 0 Å². The number of fused-ring (bicyclic) bond motifs is 2. The van der Waals surface area contributed by atoms with Crippen molar-refractivity contribution in [2.24, 2.45) is 0 Å². The van der Waals surface area contributed by atoms with Crippen LogP contribution in [0.25, 0.3) is 10.8 Å². The van der Waals surface area contributed by atoms with Crippen molar-refractivity contribution in [1.29, 1.82) is 0 Å². The van der Waals surface area contributed by atoms with Gasteiger partial charge in [-0.3, -0.25) is 8.79 Å². The van der Waals surface area contributed by atoms with E-state index in [1.807, 2.05) is 60.9 Å². The highest BCUT2D eigenvalue weighted by Gasteiger charge is 2.18. The number of hydrogen-bond acceptors (Lipinski definition) is 11. The van der Waals surface area contributed by atoms with Crippen LogP contribution in [-0.2, 0) is 29.8 Å². The van der Waals surface area contributed by atoms with Gasteiger partial charge in [-0.1, -0.05) is 34.7 Å². The lowest BCUT2D eigenvalue weighted by molar-refractivity contribution is -0.0763. The first kappa shape index (κ1) is 37.5. The molecule has 270 valence electrons. The minimum atomic E-state index is 0.363. The molecule has 0 aliphatic carbocycles. The fourth-order valence-corrected chi connectivity index (χ4v) is 5.86. The van der Waals surface area contributed by atoms with Gasteiger partial charge in [-0.2, -0.15) is 0 Å². The van der Waals surface area contributed by atoms with Gasteiger partial charge >= 0.3 is 0 Å². The lowest BCUT2D eigenvalue weighted by Gasteiger charge is -2.26. The van der Waals surface area contributed by atoms with Crippen molar-refractivity contribution in [3.8, 4) is 17.2 Å². The molecule has 5 rings (SSSR count). The van der Waals surface area contributed by atoms with Crippen LogP contribution in [0.15, 0.2) is 78.9 Å². The van der Waals surface area contributed by atoms with E-state index in [9.17, 15) is 0 Å². The summed E-state index contributed by atoms with van der Waals surface area (Å²) in [5, 5.41) is 2.05. The van der Waals surface area contributed by atoms with E-state index in [-0.39, 0.29) is 0 Å². The van der Waals surface area contributed by atoms with Gasteiger partial charge in [-0.25, -0.2) is 0 Å². The molecule has 0 spiro atoms. The first-order valence-electron chi connectivity index (χ1n) is 16.9.